The second kappa shape index (κ2) is 8.78. The lowest BCUT2D eigenvalue weighted by Gasteiger charge is -2.26. The predicted molar refractivity (Wildman–Crippen MR) is 117 cm³/mol. The number of alkyl carbamates (subject to hydrolysis) is 1. The normalized spacial score (nSPS) is 16.5. The minimum Gasteiger partial charge on any atom is -0.489 e. The highest BCUT2D eigenvalue weighted by molar-refractivity contribution is 6.00. The highest BCUT2D eigenvalue weighted by Gasteiger charge is 2.33. The van der Waals surface area contributed by atoms with Crippen LogP contribution in [-0.4, -0.2) is 30.3 Å². The Morgan fingerprint density at radius 1 is 1.17 bits per heavy atom. The molecule has 0 unspecified atom stereocenters. The molecule has 2 aromatic rings. The lowest BCUT2D eigenvalue weighted by Crippen LogP contribution is -2.51. The number of hydrogen-bond donors (Lipinski definition) is 1. The summed E-state index contributed by atoms with van der Waals surface area (Å²) in [5.41, 5.74) is 2.28. The first kappa shape index (κ1) is 21.7. The predicted octanol–water partition coefficient (Wildman–Crippen LogP) is 4.63. The van der Waals surface area contributed by atoms with E-state index in [1.54, 1.807) is 25.7 Å². The van der Waals surface area contributed by atoms with Crippen LogP contribution in [0.5, 0.6) is 5.75 Å². The average molecular weight is 411 g/mol. The second-order valence-electron chi connectivity index (χ2n) is 8.80. The fraction of sp³-hybridized carbons (Fsp3) is 0.417. The van der Waals surface area contributed by atoms with Crippen molar-refractivity contribution in [2.24, 2.45) is 0 Å². The zero-order valence-corrected chi connectivity index (χ0v) is 18.3. The molecule has 1 atom stereocenters. The van der Waals surface area contributed by atoms with Crippen LogP contribution < -0.4 is 15.0 Å². The van der Waals surface area contributed by atoms with Gasteiger partial charge in [-0.15, -0.1) is 0 Å². The van der Waals surface area contributed by atoms with Crippen molar-refractivity contribution in [2.45, 2.75) is 58.7 Å². The van der Waals surface area contributed by atoms with E-state index in [1.165, 1.54) is 5.56 Å². The molecule has 0 aromatic heterocycles. The summed E-state index contributed by atoms with van der Waals surface area (Å²) < 4.78 is 11.2. The molecule has 0 aliphatic carbocycles. The molecular weight excluding hydrogens is 380 g/mol. The molecule has 1 aliphatic rings. The maximum Gasteiger partial charge on any atom is 0.408 e. The third kappa shape index (κ3) is 5.32. The molecule has 0 saturated carbocycles. The minimum absolute atomic E-state index is 0.0396. The van der Waals surface area contributed by atoms with Gasteiger partial charge in [0.05, 0.1) is 12.2 Å². The lowest BCUT2D eigenvalue weighted by molar-refractivity contribution is -0.121. The number of hydrogen-bond acceptors (Lipinski definition) is 4. The summed E-state index contributed by atoms with van der Waals surface area (Å²) >= 11 is 0. The third-order valence-electron chi connectivity index (χ3n) is 4.80. The standard InChI is InChI=1S/C24H30N2O4/c1-16(2)18-12-10-17(11-13-18)14-26-20-8-6-7-9-21(20)29-15-19(22(26)27)25-23(28)30-24(3,4)5/h6-13,16,19H,14-15H2,1-5H3,(H,25,28)/t19-/m1/s1. The van der Waals surface area contributed by atoms with E-state index in [0.717, 1.165) is 5.56 Å². The fourth-order valence-corrected chi connectivity index (χ4v) is 3.26. The van der Waals surface area contributed by atoms with Crippen LogP contribution in [0.3, 0.4) is 0 Å². The lowest BCUT2D eigenvalue weighted by atomic mass is 10.0. The van der Waals surface area contributed by atoms with Crippen molar-refractivity contribution in [1.82, 2.24) is 5.32 Å². The van der Waals surface area contributed by atoms with Crippen LogP contribution in [0, 0.1) is 0 Å². The Hall–Kier alpha value is -3.02. The Labute approximate surface area is 178 Å². The summed E-state index contributed by atoms with van der Waals surface area (Å²) in [6.07, 6.45) is -0.642. The zero-order chi connectivity index (χ0) is 21.9. The van der Waals surface area contributed by atoms with Crippen molar-refractivity contribution >= 4 is 17.7 Å². The number of ether oxygens (including phenoxy) is 2. The highest BCUT2D eigenvalue weighted by Crippen LogP contribution is 2.32. The molecule has 160 valence electrons. The maximum absolute atomic E-state index is 13.4. The average Bonchev–Trinajstić information content (AvgIpc) is 2.79. The van der Waals surface area contributed by atoms with E-state index in [1.807, 2.05) is 36.4 Å². The molecule has 2 amide bonds. The van der Waals surface area contributed by atoms with Gasteiger partial charge in [-0.3, -0.25) is 4.79 Å². The largest absolute Gasteiger partial charge is 0.489 e. The van der Waals surface area contributed by atoms with Crippen LogP contribution in [0.15, 0.2) is 48.5 Å². The van der Waals surface area contributed by atoms with Gasteiger partial charge in [0.1, 0.15) is 24.0 Å². The van der Waals surface area contributed by atoms with Crippen molar-refractivity contribution in [1.29, 1.82) is 0 Å². The van der Waals surface area contributed by atoms with Crippen LogP contribution in [0.1, 0.15) is 51.7 Å². The van der Waals surface area contributed by atoms with Gasteiger partial charge >= 0.3 is 6.09 Å². The van der Waals surface area contributed by atoms with Gasteiger partial charge in [0.2, 0.25) is 0 Å². The van der Waals surface area contributed by atoms with Gasteiger partial charge in [-0.1, -0.05) is 50.2 Å². The summed E-state index contributed by atoms with van der Waals surface area (Å²) in [6.45, 7) is 10.0. The van der Waals surface area contributed by atoms with Crippen molar-refractivity contribution in [3.8, 4) is 5.75 Å². The second-order valence-corrected chi connectivity index (χ2v) is 8.80. The van der Waals surface area contributed by atoms with Crippen molar-refractivity contribution < 1.29 is 19.1 Å². The number of para-hydroxylation sites is 2. The highest BCUT2D eigenvalue weighted by atomic mass is 16.6. The summed E-state index contributed by atoms with van der Waals surface area (Å²) in [5.74, 6) is 0.812. The Morgan fingerprint density at radius 3 is 2.47 bits per heavy atom. The number of carbonyl (C=O) groups is 2. The first-order chi connectivity index (χ1) is 14.1. The topological polar surface area (TPSA) is 67.9 Å². The molecule has 6 nitrogen and oxygen atoms in total. The van der Waals surface area contributed by atoms with E-state index >= 15 is 0 Å². The van der Waals surface area contributed by atoms with Crippen LogP contribution in [0.25, 0.3) is 0 Å². The van der Waals surface area contributed by atoms with Crippen LogP contribution in [0.4, 0.5) is 10.5 Å². The number of benzene rings is 2. The molecule has 0 spiro atoms. The maximum atomic E-state index is 13.4. The molecule has 1 heterocycles. The molecular formula is C24H30N2O4. The SMILES string of the molecule is CC(C)c1ccc(CN2C(=O)[C@H](NC(=O)OC(C)(C)C)COc3ccccc32)cc1. The molecule has 1 aliphatic heterocycles. The molecule has 6 heteroatoms. The minimum atomic E-state index is -0.845. The Balaban J connectivity index is 1.85. The van der Waals surface area contributed by atoms with E-state index in [2.05, 4.69) is 31.3 Å². The summed E-state index contributed by atoms with van der Waals surface area (Å²) in [6, 6.07) is 14.8. The Bertz CT molecular complexity index is 900. The molecule has 0 bridgehead atoms. The smallest absolute Gasteiger partial charge is 0.408 e. The van der Waals surface area contributed by atoms with Gasteiger partial charge in [-0.2, -0.15) is 0 Å². The first-order valence-electron chi connectivity index (χ1n) is 10.3. The van der Waals surface area contributed by atoms with Gasteiger partial charge in [0, 0.05) is 0 Å². The molecule has 2 aromatic carbocycles. The number of nitrogens with zero attached hydrogens (tertiary/aromatic N) is 1. The summed E-state index contributed by atoms with van der Waals surface area (Å²) in [7, 11) is 0. The monoisotopic (exact) mass is 410 g/mol. The fourth-order valence-electron chi connectivity index (χ4n) is 3.26. The molecule has 0 saturated heterocycles. The molecule has 1 N–H and O–H groups in total. The van der Waals surface area contributed by atoms with Gasteiger partial charge in [-0.25, -0.2) is 4.79 Å². The third-order valence-corrected chi connectivity index (χ3v) is 4.80. The van der Waals surface area contributed by atoms with Crippen molar-refractivity contribution in [2.75, 3.05) is 11.5 Å². The van der Waals surface area contributed by atoms with Crippen LogP contribution >= 0.6 is 0 Å². The summed E-state index contributed by atoms with van der Waals surface area (Å²) in [4.78, 5) is 27.3. The van der Waals surface area contributed by atoms with E-state index in [0.29, 0.717) is 23.9 Å². The van der Waals surface area contributed by atoms with Crippen LogP contribution in [0.2, 0.25) is 0 Å². The first-order valence-corrected chi connectivity index (χ1v) is 10.3. The quantitative estimate of drug-likeness (QED) is 0.798. The molecule has 3 rings (SSSR count). The van der Waals surface area contributed by atoms with Gasteiger partial charge < -0.3 is 19.7 Å². The van der Waals surface area contributed by atoms with Gasteiger partial charge in [-0.05, 0) is 49.9 Å². The number of nitrogens with one attached hydrogen (secondary N) is 1. The molecule has 0 fully saturated rings. The molecule has 0 radical (unpaired) electrons. The van der Waals surface area contributed by atoms with Crippen molar-refractivity contribution in [3.05, 3.63) is 59.7 Å². The number of rotatable bonds is 4. The van der Waals surface area contributed by atoms with E-state index < -0.39 is 17.7 Å². The van der Waals surface area contributed by atoms with E-state index in [4.69, 9.17) is 9.47 Å². The number of carbonyl (C=O) groups excluding carboxylic acids is 2. The van der Waals surface area contributed by atoms with Crippen molar-refractivity contribution in [3.63, 3.8) is 0 Å². The van der Waals surface area contributed by atoms with E-state index in [-0.39, 0.29) is 12.5 Å². The van der Waals surface area contributed by atoms with E-state index in [9.17, 15) is 9.59 Å². The number of amides is 2. The van der Waals surface area contributed by atoms with Crippen LogP contribution in [-0.2, 0) is 16.1 Å². The number of anilines is 1. The van der Waals surface area contributed by atoms with Gasteiger partial charge in [0.15, 0.2) is 0 Å². The Morgan fingerprint density at radius 2 is 1.83 bits per heavy atom. The van der Waals surface area contributed by atoms with Gasteiger partial charge in [0.25, 0.3) is 5.91 Å². The molecule has 30 heavy (non-hydrogen) atoms. The zero-order valence-electron chi connectivity index (χ0n) is 18.3. The number of fused-ring (bicyclic) bond motifs is 1. The Kier molecular flexibility index (Phi) is 6.34. The summed E-state index contributed by atoms with van der Waals surface area (Å²) in [5, 5.41) is 2.66.